The van der Waals surface area contributed by atoms with Crippen molar-refractivity contribution >= 4 is 17.6 Å². The Hall–Kier alpha value is -1.22. The molecule has 18 heavy (non-hydrogen) atoms. The molecule has 1 aliphatic rings. The minimum atomic E-state index is 0.194. The van der Waals surface area contributed by atoms with Gasteiger partial charge in [0.15, 0.2) is 0 Å². The Balaban J connectivity index is 1.94. The summed E-state index contributed by atoms with van der Waals surface area (Å²) in [5, 5.41) is 0.778. The summed E-state index contributed by atoms with van der Waals surface area (Å²) in [6, 6.07) is 8.57. The quantitative estimate of drug-likeness (QED) is 0.910. The molecule has 2 N–H and O–H groups in total. The van der Waals surface area contributed by atoms with Crippen molar-refractivity contribution in [2.75, 3.05) is 6.61 Å². The van der Waals surface area contributed by atoms with Crippen LogP contribution in [0.2, 0.25) is 5.02 Å². The van der Waals surface area contributed by atoms with Gasteiger partial charge in [0.25, 0.3) is 6.02 Å². The van der Waals surface area contributed by atoms with Crippen LogP contribution in [0.3, 0.4) is 0 Å². The summed E-state index contributed by atoms with van der Waals surface area (Å²) in [6.07, 6.45) is 1.06. The molecule has 1 aromatic carbocycles. The third-order valence-electron chi connectivity index (χ3n) is 3.52. The smallest absolute Gasteiger partial charge is 0.282 e. The number of ether oxygens (including phenoxy) is 1. The Labute approximate surface area is 113 Å². The molecule has 4 heteroatoms. The van der Waals surface area contributed by atoms with E-state index in [-0.39, 0.29) is 6.04 Å². The van der Waals surface area contributed by atoms with Crippen molar-refractivity contribution in [2.45, 2.75) is 32.2 Å². The van der Waals surface area contributed by atoms with Crippen molar-refractivity contribution in [2.24, 2.45) is 16.6 Å². The van der Waals surface area contributed by atoms with Crippen LogP contribution >= 0.6 is 11.6 Å². The van der Waals surface area contributed by atoms with Gasteiger partial charge in [0.2, 0.25) is 0 Å². The lowest BCUT2D eigenvalue weighted by Gasteiger charge is -2.20. The maximum atomic E-state index is 5.89. The zero-order valence-corrected chi connectivity index (χ0v) is 11.5. The largest absolute Gasteiger partial charge is 0.463 e. The first kappa shape index (κ1) is 13.2. The van der Waals surface area contributed by atoms with E-state index in [2.05, 4.69) is 31.0 Å². The van der Waals surface area contributed by atoms with E-state index >= 15 is 0 Å². The van der Waals surface area contributed by atoms with Crippen molar-refractivity contribution in [3.8, 4) is 0 Å². The molecule has 3 unspecified atom stereocenters. The third-order valence-corrected chi connectivity index (χ3v) is 3.77. The minimum Gasteiger partial charge on any atom is -0.463 e. The number of halogens is 1. The maximum Gasteiger partial charge on any atom is 0.282 e. The van der Waals surface area contributed by atoms with Crippen LogP contribution < -0.4 is 5.73 Å². The highest BCUT2D eigenvalue weighted by Crippen LogP contribution is 2.28. The molecule has 1 heterocycles. The standard InChI is InChI=1S/C14H19ClN2O/c1-9(11-3-5-12(15)6-4-11)7-10(2)13-8-18-14(16)17-13/h3-6,9-10,13H,7-8H2,1-2H3,(H2,16,17). The van der Waals surface area contributed by atoms with Gasteiger partial charge in [0.05, 0.1) is 6.04 Å². The van der Waals surface area contributed by atoms with Crippen LogP contribution in [0.25, 0.3) is 0 Å². The zero-order chi connectivity index (χ0) is 13.1. The van der Waals surface area contributed by atoms with Gasteiger partial charge in [-0.15, -0.1) is 0 Å². The Morgan fingerprint density at radius 1 is 1.39 bits per heavy atom. The summed E-state index contributed by atoms with van der Waals surface area (Å²) >= 11 is 5.89. The molecule has 0 saturated carbocycles. The number of aliphatic imine (C=N–C) groups is 1. The monoisotopic (exact) mass is 266 g/mol. The van der Waals surface area contributed by atoms with Crippen molar-refractivity contribution in [3.63, 3.8) is 0 Å². The first-order valence-corrected chi connectivity index (χ1v) is 6.65. The van der Waals surface area contributed by atoms with E-state index in [4.69, 9.17) is 22.1 Å². The molecule has 0 radical (unpaired) electrons. The molecule has 0 spiro atoms. The molecule has 3 nitrogen and oxygen atoms in total. The van der Waals surface area contributed by atoms with Crippen molar-refractivity contribution in [1.82, 2.24) is 0 Å². The third kappa shape index (κ3) is 3.16. The summed E-state index contributed by atoms with van der Waals surface area (Å²) < 4.78 is 5.20. The highest BCUT2D eigenvalue weighted by molar-refractivity contribution is 6.30. The number of nitrogens with two attached hydrogens (primary N) is 1. The lowest BCUT2D eigenvalue weighted by atomic mass is 9.88. The predicted molar refractivity (Wildman–Crippen MR) is 75.0 cm³/mol. The molecule has 98 valence electrons. The van der Waals surface area contributed by atoms with E-state index in [1.54, 1.807) is 0 Å². The Morgan fingerprint density at radius 3 is 2.61 bits per heavy atom. The van der Waals surface area contributed by atoms with E-state index < -0.39 is 0 Å². The summed E-state index contributed by atoms with van der Waals surface area (Å²) in [7, 11) is 0. The van der Waals surface area contributed by atoms with Crippen LogP contribution in [0.4, 0.5) is 0 Å². The molecule has 0 fully saturated rings. The summed E-state index contributed by atoms with van der Waals surface area (Å²) in [5.41, 5.74) is 6.84. The summed E-state index contributed by atoms with van der Waals surface area (Å²) in [6.45, 7) is 5.03. The van der Waals surface area contributed by atoms with E-state index in [9.17, 15) is 0 Å². The molecule has 0 amide bonds. The van der Waals surface area contributed by atoms with E-state index in [1.807, 2.05) is 12.1 Å². The average Bonchev–Trinajstić information content (AvgIpc) is 2.76. The first-order valence-electron chi connectivity index (χ1n) is 6.28. The van der Waals surface area contributed by atoms with Crippen LogP contribution in [0.15, 0.2) is 29.3 Å². The second-order valence-electron chi connectivity index (χ2n) is 5.01. The second kappa shape index (κ2) is 5.61. The fourth-order valence-corrected chi connectivity index (χ4v) is 2.47. The van der Waals surface area contributed by atoms with Gasteiger partial charge in [0.1, 0.15) is 6.61 Å². The van der Waals surface area contributed by atoms with Crippen LogP contribution in [-0.2, 0) is 4.74 Å². The molecule has 1 aromatic rings. The van der Waals surface area contributed by atoms with Gasteiger partial charge in [-0.05, 0) is 36.0 Å². The molecule has 0 aliphatic carbocycles. The van der Waals surface area contributed by atoms with Gasteiger partial charge in [-0.25, -0.2) is 4.99 Å². The van der Waals surface area contributed by atoms with Crippen molar-refractivity contribution in [1.29, 1.82) is 0 Å². The van der Waals surface area contributed by atoms with E-state index in [1.165, 1.54) is 5.56 Å². The summed E-state index contributed by atoms with van der Waals surface area (Å²) in [5.74, 6) is 0.936. The highest BCUT2D eigenvalue weighted by atomic mass is 35.5. The molecule has 0 saturated heterocycles. The van der Waals surface area contributed by atoms with Crippen LogP contribution in [0.5, 0.6) is 0 Å². The molecular weight excluding hydrogens is 248 g/mol. The minimum absolute atomic E-state index is 0.194. The van der Waals surface area contributed by atoms with Crippen molar-refractivity contribution in [3.05, 3.63) is 34.9 Å². The Kier molecular flexibility index (Phi) is 4.12. The molecule has 3 atom stereocenters. The molecular formula is C14H19ClN2O. The average molecular weight is 267 g/mol. The maximum absolute atomic E-state index is 5.89. The lowest BCUT2D eigenvalue weighted by molar-refractivity contribution is 0.272. The number of nitrogens with zero attached hydrogens (tertiary/aromatic N) is 1. The van der Waals surface area contributed by atoms with Gasteiger partial charge < -0.3 is 10.5 Å². The van der Waals surface area contributed by atoms with Crippen LogP contribution in [0.1, 0.15) is 31.7 Å². The van der Waals surface area contributed by atoms with Gasteiger partial charge in [-0.3, -0.25) is 0 Å². The fourth-order valence-electron chi connectivity index (χ4n) is 2.34. The molecule has 1 aliphatic heterocycles. The Morgan fingerprint density at radius 2 is 2.06 bits per heavy atom. The van der Waals surface area contributed by atoms with Gasteiger partial charge in [-0.2, -0.15) is 0 Å². The van der Waals surface area contributed by atoms with Crippen LogP contribution in [0, 0.1) is 5.92 Å². The second-order valence-corrected chi connectivity index (χ2v) is 5.45. The van der Waals surface area contributed by atoms with E-state index in [0.29, 0.717) is 24.5 Å². The topological polar surface area (TPSA) is 47.6 Å². The lowest BCUT2D eigenvalue weighted by Crippen LogP contribution is -2.19. The number of benzene rings is 1. The van der Waals surface area contributed by atoms with Crippen LogP contribution in [-0.4, -0.2) is 18.7 Å². The summed E-state index contributed by atoms with van der Waals surface area (Å²) in [4.78, 5) is 4.30. The highest BCUT2D eigenvalue weighted by Gasteiger charge is 2.24. The number of amidine groups is 1. The Bertz CT molecular complexity index is 430. The number of hydrogen-bond donors (Lipinski definition) is 1. The first-order chi connectivity index (χ1) is 8.56. The SMILES string of the molecule is CC(CC(C)C1COC(N)=N1)c1ccc(Cl)cc1. The fraction of sp³-hybridized carbons (Fsp3) is 0.500. The molecule has 2 rings (SSSR count). The number of hydrogen-bond acceptors (Lipinski definition) is 3. The zero-order valence-electron chi connectivity index (χ0n) is 10.8. The van der Waals surface area contributed by atoms with Crippen molar-refractivity contribution < 1.29 is 4.74 Å². The molecule has 0 bridgehead atoms. The van der Waals surface area contributed by atoms with Gasteiger partial charge in [0, 0.05) is 5.02 Å². The van der Waals surface area contributed by atoms with Gasteiger partial charge in [-0.1, -0.05) is 37.6 Å². The van der Waals surface area contributed by atoms with E-state index in [0.717, 1.165) is 11.4 Å². The normalized spacial score (nSPS) is 22.2. The molecule has 0 aromatic heterocycles. The number of rotatable bonds is 4. The predicted octanol–water partition coefficient (Wildman–Crippen LogP) is 3.18. The van der Waals surface area contributed by atoms with Gasteiger partial charge >= 0.3 is 0 Å².